The Kier molecular flexibility index (Phi) is 3.71. The monoisotopic (exact) mass is 201 g/mol. The first-order chi connectivity index (χ1) is 6.20. The van der Waals surface area contributed by atoms with Crippen LogP contribution in [0.1, 0.15) is 5.56 Å². The van der Waals surface area contributed by atoms with E-state index >= 15 is 0 Å². The van der Waals surface area contributed by atoms with Gasteiger partial charge in [0.1, 0.15) is 0 Å². The van der Waals surface area contributed by atoms with Gasteiger partial charge in [-0.15, -0.1) is 0 Å². The van der Waals surface area contributed by atoms with Crippen LogP contribution in [-0.4, -0.2) is 11.5 Å². The van der Waals surface area contributed by atoms with E-state index in [1.54, 1.807) is 0 Å². The second-order valence-corrected chi connectivity index (χ2v) is 2.89. The summed E-state index contributed by atoms with van der Waals surface area (Å²) in [5.74, 6) is -0.800. The van der Waals surface area contributed by atoms with Crippen LogP contribution in [0.4, 0.5) is 4.39 Å². The molecule has 1 N–H and O–H groups in total. The smallest absolute Gasteiger partial charge is 0.270 e. The van der Waals surface area contributed by atoms with Crippen LogP contribution >= 0.6 is 11.6 Å². The van der Waals surface area contributed by atoms with Gasteiger partial charge in [-0.05, 0) is 5.56 Å². The van der Waals surface area contributed by atoms with Gasteiger partial charge in [-0.25, -0.2) is 4.39 Å². The lowest BCUT2D eigenvalue weighted by atomic mass is 10.2. The highest BCUT2D eigenvalue weighted by molar-refractivity contribution is 6.29. The highest BCUT2D eigenvalue weighted by atomic mass is 35.5. The summed E-state index contributed by atoms with van der Waals surface area (Å²) in [6.07, 6.45) is 0. The molecule has 1 atom stereocenters. The van der Waals surface area contributed by atoms with Gasteiger partial charge < -0.3 is 5.32 Å². The highest BCUT2D eigenvalue weighted by Gasteiger charge is 2.11. The van der Waals surface area contributed by atoms with Crippen molar-refractivity contribution in [1.29, 1.82) is 0 Å². The second kappa shape index (κ2) is 4.82. The van der Waals surface area contributed by atoms with Gasteiger partial charge >= 0.3 is 0 Å². The number of benzene rings is 1. The Morgan fingerprint density at radius 1 is 1.46 bits per heavy atom. The molecule has 1 rings (SSSR count). The Balaban J connectivity index is 2.40. The van der Waals surface area contributed by atoms with Crippen LogP contribution in [0.25, 0.3) is 0 Å². The number of amides is 1. The van der Waals surface area contributed by atoms with Gasteiger partial charge in [-0.2, -0.15) is 0 Å². The van der Waals surface area contributed by atoms with E-state index in [1.807, 2.05) is 30.3 Å². The van der Waals surface area contributed by atoms with Gasteiger partial charge in [-0.3, -0.25) is 4.79 Å². The number of rotatable bonds is 3. The van der Waals surface area contributed by atoms with Crippen LogP contribution in [0, 0.1) is 0 Å². The van der Waals surface area contributed by atoms with Crippen LogP contribution in [0.5, 0.6) is 0 Å². The van der Waals surface area contributed by atoms with Crippen molar-refractivity contribution < 1.29 is 9.18 Å². The summed E-state index contributed by atoms with van der Waals surface area (Å²) >= 11 is 4.92. The first-order valence-electron chi connectivity index (χ1n) is 3.80. The average Bonchev–Trinajstić information content (AvgIpc) is 2.15. The number of hydrogen-bond acceptors (Lipinski definition) is 1. The summed E-state index contributed by atoms with van der Waals surface area (Å²) in [6.45, 7) is 0.298. The number of carbonyl (C=O) groups is 1. The fourth-order valence-electron chi connectivity index (χ4n) is 0.862. The van der Waals surface area contributed by atoms with Crippen LogP contribution < -0.4 is 5.32 Å². The van der Waals surface area contributed by atoms with E-state index in [1.165, 1.54) is 0 Å². The van der Waals surface area contributed by atoms with Crippen molar-refractivity contribution in [2.75, 3.05) is 0 Å². The third-order valence-corrected chi connectivity index (χ3v) is 1.71. The zero-order chi connectivity index (χ0) is 9.68. The average molecular weight is 202 g/mol. The normalized spacial score (nSPS) is 12.2. The molecule has 0 spiro atoms. The van der Waals surface area contributed by atoms with Crippen LogP contribution in [0.3, 0.4) is 0 Å². The topological polar surface area (TPSA) is 29.1 Å². The number of halogens is 2. The van der Waals surface area contributed by atoms with E-state index in [0.717, 1.165) is 5.56 Å². The van der Waals surface area contributed by atoms with Crippen molar-refractivity contribution >= 4 is 17.5 Å². The fraction of sp³-hybridized carbons (Fsp3) is 0.222. The standard InChI is InChI=1S/C9H9ClFNO/c10-8(11)9(13)12-6-7-4-2-1-3-5-7/h1-5,8H,6H2,(H,12,13). The molecule has 0 aromatic heterocycles. The predicted molar refractivity (Wildman–Crippen MR) is 49.0 cm³/mol. The summed E-state index contributed by atoms with van der Waals surface area (Å²) in [7, 11) is 0. The summed E-state index contributed by atoms with van der Waals surface area (Å²) in [4.78, 5) is 10.7. The van der Waals surface area contributed by atoms with E-state index < -0.39 is 11.5 Å². The molecule has 0 aliphatic rings. The molecule has 0 aliphatic carbocycles. The minimum absolute atomic E-state index is 0.298. The van der Waals surface area contributed by atoms with Crippen molar-refractivity contribution in [3.63, 3.8) is 0 Å². The zero-order valence-electron chi connectivity index (χ0n) is 6.84. The Morgan fingerprint density at radius 3 is 2.62 bits per heavy atom. The molecule has 2 nitrogen and oxygen atoms in total. The maximum absolute atomic E-state index is 12.2. The summed E-state index contributed by atoms with van der Waals surface area (Å²) in [5.41, 5.74) is -1.06. The second-order valence-electron chi connectivity index (χ2n) is 2.50. The van der Waals surface area contributed by atoms with Crippen molar-refractivity contribution in [2.24, 2.45) is 0 Å². The quantitative estimate of drug-likeness (QED) is 0.743. The zero-order valence-corrected chi connectivity index (χ0v) is 7.59. The lowest BCUT2D eigenvalue weighted by Crippen LogP contribution is -2.28. The molecule has 1 unspecified atom stereocenters. The number of nitrogens with one attached hydrogen (secondary N) is 1. The lowest BCUT2D eigenvalue weighted by molar-refractivity contribution is -0.123. The molecule has 1 aromatic rings. The SMILES string of the molecule is O=C(NCc1ccccc1)C(F)Cl. The molecule has 70 valence electrons. The predicted octanol–water partition coefficient (Wildman–Crippen LogP) is 1.84. The molecule has 1 amide bonds. The van der Waals surface area contributed by atoms with Crippen molar-refractivity contribution in [3.8, 4) is 0 Å². The number of alkyl halides is 2. The van der Waals surface area contributed by atoms with E-state index in [2.05, 4.69) is 5.32 Å². The van der Waals surface area contributed by atoms with Gasteiger partial charge in [0.25, 0.3) is 11.5 Å². The molecule has 0 saturated carbocycles. The molecule has 0 bridgehead atoms. The minimum Gasteiger partial charge on any atom is -0.348 e. The summed E-state index contributed by atoms with van der Waals surface area (Å²) in [5, 5.41) is 2.35. The Hall–Kier alpha value is -1.09. The Morgan fingerprint density at radius 2 is 2.08 bits per heavy atom. The van der Waals surface area contributed by atoms with E-state index in [9.17, 15) is 9.18 Å². The molecular formula is C9H9ClFNO. The molecule has 0 heterocycles. The first kappa shape index (κ1) is 9.99. The Labute approximate surface area is 80.7 Å². The third kappa shape index (κ3) is 3.42. The number of carbonyl (C=O) groups excluding carboxylic acids is 1. The van der Waals surface area contributed by atoms with E-state index in [-0.39, 0.29) is 0 Å². The molecule has 0 aliphatic heterocycles. The lowest BCUT2D eigenvalue weighted by Gasteiger charge is -2.03. The molecule has 4 heteroatoms. The van der Waals surface area contributed by atoms with Crippen molar-refractivity contribution in [1.82, 2.24) is 5.32 Å². The van der Waals surface area contributed by atoms with Crippen molar-refractivity contribution in [3.05, 3.63) is 35.9 Å². The molecule has 0 saturated heterocycles. The van der Waals surface area contributed by atoms with Gasteiger partial charge in [0.2, 0.25) is 0 Å². The Bertz CT molecular complexity index is 276. The molecule has 0 fully saturated rings. The summed E-state index contributed by atoms with van der Waals surface area (Å²) in [6, 6.07) is 9.22. The maximum atomic E-state index is 12.2. The largest absolute Gasteiger partial charge is 0.348 e. The number of hydrogen-bond donors (Lipinski definition) is 1. The maximum Gasteiger partial charge on any atom is 0.270 e. The van der Waals surface area contributed by atoms with Crippen LogP contribution in [0.2, 0.25) is 0 Å². The first-order valence-corrected chi connectivity index (χ1v) is 4.23. The molecule has 13 heavy (non-hydrogen) atoms. The van der Waals surface area contributed by atoms with Gasteiger partial charge in [0.05, 0.1) is 0 Å². The minimum atomic E-state index is -1.97. The van der Waals surface area contributed by atoms with Gasteiger partial charge in [0.15, 0.2) is 0 Å². The van der Waals surface area contributed by atoms with E-state index in [0.29, 0.717) is 6.54 Å². The fourth-order valence-corrected chi connectivity index (χ4v) is 0.939. The van der Waals surface area contributed by atoms with Crippen LogP contribution in [-0.2, 0) is 11.3 Å². The van der Waals surface area contributed by atoms with Crippen molar-refractivity contribution in [2.45, 2.75) is 12.2 Å². The highest BCUT2D eigenvalue weighted by Crippen LogP contribution is 2.00. The third-order valence-electron chi connectivity index (χ3n) is 1.51. The van der Waals surface area contributed by atoms with Gasteiger partial charge in [-0.1, -0.05) is 41.9 Å². The van der Waals surface area contributed by atoms with Gasteiger partial charge in [0, 0.05) is 6.54 Å². The molecule has 1 aromatic carbocycles. The molecule has 0 radical (unpaired) electrons. The van der Waals surface area contributed by atoms with Crippen LogP contribution in [0.15, 0.2) is 30.3 Å². The van der Waals surface area contributed by atoms with E-state index in [4.69, 9.17) is 11.6 Å². The molecular weight excluding hydrogens is 193 g/mol. The summed E-state index contributed by atoms with van der Waals surface area (Å²) < 4.78 is 12.2.